The Bertz CT molecular complexity index is 639. The van der Waals surface area contributed by atoms with Gasteiger partial charge in [0.2, 0.25) is 0 Å². The summed E-state index contributed by atoms with van der Waals surface area (Å²) >= 11 is 0. The topological polar surface area (TPSA) is 29.5 Å². The van der Waals surface area contributed by atoms with Gasteiger partial charge in [0.05, 0.1) is 12.7 Å². The lowest BCUT2D eigenvalue weighted by atomic mass is 9.67. The maximum absolute atomic E-state index is 14.5. The van der Waals surface area contributed by atoms with Crippen LogP contribution in [0.15, 0.2) is 12.1 Å². The van der Waals surface area contributed by atoms with E-state index >= 15 is 0 Å². The van der Waals surface area contributed by atoms with Gasteiger partial charge >= 0.3 is 5.97 Å². The number of fused-ring (bicyclic) bond motifs is 1. The zero-order valence-corrected chi connectivity index (χ0v) is 13.7. The fourth-order valence-electron chi connectivity index (χ4n) is 4.81. The Morgan fingerprint density at radius 2 is 2.17 bits per heavy atom. The number of hydrogen-bond acceptors (Lipinski definition) is 3. The zero-order valence-electron chi connectivity index (χ0n) is 13.7. The highest BCUT2D eigenvalue weighted by Crippen LogP contribution is 2.54. The number of rotatable bonds is 2. The summed E-state index contributed by atoms with van der Waals surface area (Å²) in [6, 6.07) is 3.75. The van der Waals surface area contributed by atoms with Gasteiger partial charge in [-0.3, -0.25) is 4.90 Å². The van der Waals surface area contributed by atoms with E-state index in [2.05, 4.69) is 4.90 Å². The van der Waals surface area contributed by atoms with Crippen molar-refractivity contribution in [1.29, 1.82) is 0 Å². The first-order chi connectivity index (χ1) is 11.1. The predicted molar refractivity (Wildman–Crippen MR) is 85.8 cm³/mol. The van der Waals surface area contributed by atoms with Crippen LogP contribution in [0.4, 0.5) is 4.39 Å². The quantitative estimate of drug-likeness (QED) is 0.779. The second-order valence-electron chi connectivity index (χ2n) is 7.56. The van der Waals surface area contributed by atoms with Gasteiger partial charge in [-0.1, -0.05) is 6.42 Å². The number of ether oxygens (including phenoxy) is 1. The molecule has 0 bridgehead atoms. The van der Waals surface area contributed by atoms with Crippen molar-refractivity contribution in [2.24, 2.45) is 5.41 Å². The number of halogens is 1. The molecule has 1 unspecified atom stereocenters. The van der Waals surface area contributed by atoms with Gasteiger partial charge in [-0.2, -0.15) is 0 Å². The molecule has 1 atom stereocenters. The van der Waals surface area contributed by atoms with Gasteiger partial charge < -0.3 is 4.74 Å². The van der Waals surface area contributed by atoms with Gasteiger partial charge in [0, 0.05) is 24.7 Å². The van der Waals surface area contributed by atoms with Crippen LogP contribution in [0.3, 0.4) is 0 Å². The number of hydrogen-bond donors (Lipinski definition) is 0. The summed E-state index contributed by atoms with van der Waals surface area (Å²) in [6.07, 6.45) is 8.91. The molecule has 0 saturated heterocycles. The molecule has 124 valence electrons. The average molecular weight is 317 g/mol. The third kappa shape index (κ3) is 2.57. The Morgan fingerprint density at radius 1 is 1.35 bits per heavy atom. The SMILES string of the molecule is COC(=O)c1cc(F)c2c(c1)CCN(C1CCC3(CCC3)C1)C2. The lowest BCUT2D eigenvalue weighted by molar-refractivity contribution is 0.0599. The fourth-order valence-corrected chi connectivity index (χ4v) is 4.81. The molecule has 1 spiro atoms. The summed E-state index contributed by atoms with van der Waals surface area (Å²) in [5, 5.41) is 0. The Morgan fingerprint density at radius 3 is 2.83 bits per heavy atom. The van der Waals surface area contributed by atoms with Crippen LogP contribution in [0, 0.1) is 11.2 Å². The molecule has 0 radical (unpaired) electrons. The molecule has 1 heterocycles. The van der Waals surface area contributed by atoms with Crippen molar-refractivity contribution in [3.05, 3.63) is 34.6 Å². The van der Waals surface area contributed by atoms with Crippen molar-refractivity contribution in [3.8, 4) is 0 Å². The van der Waals surface area contributed by atoms with Gasteiger partial charge in [-0.25, -0.2) is 9.18 Å². The molecule has 0 aromatic heterocycles. The number of carbonyl (C=O) groups is 1. The van der Waals surface area contributed by atoms with E-state index in [1.165, 1.54) is 51.7 Å². The fraction of sp³-hybridized carbons (Fsp3) is 0.632. The lowest BCUT2D eigenvalue weighted by Gasteiger charge is -2.40. The number of benzene rings is 1. The molecule has 0 amide bonds. The van der Waals surface area contributed by atoms with Crippen molar-refractivity contribution in [3.63, 3.8) is 0 Å². The minimum Gasteiger partial charge on any atom is -0.465 e. The van der Waals surface area contributed by atoms with E-state index in [-0.39, 0.29) is 5.82 Å². The molecule has 3 aliphatic rings. The summed E-state index contributed by atoms with van der Waals surface area (Å²) < 4.78 is 19.2. The predicted octanol–water partition coefficient (Wildman–Crippen LogP) is 3.69. The zero-order chi connectivity index (χ0) is 16.0. The van der Waals surface area contributed by atoms with Crippen molar-refractivity contribution in [2.75, 3.05) is 13.7 Å². The Kier molecular flexibility index (Phi) is 3.67. The lowest BCUT2D eigenvalue weighted by Crippen LogP contribution is -2.39. The van der Waals surface area contributed by atoms with Crippen LogP contribution in [-0.4, -0.2) is 30.6 Å². The Balaban J connectivity index is 1.52. The number of carbonyl (C=O) groups excluding carboxylic acids is 1. The molecule has 0 N–H and O–H groups in total. The van der Waals surface area contributed by atoms with Crippen LogP contribution in [-0.2, 0) is 17.7 Å². The first-order valence-electron chi connectivity index (χ1n) is 8.74. The van der Waals surface area contributed by atoms with E-state index in [1.54, 1.807) is 0 Å². The smallest absolute Gasteiger partial charge is 0.337 e. The molecular weight excluding hydrogens is 293 g/mol. The van der Waals surface area contributed by atoms with Crippen LogP contribution in [0.5, 0.6) is 0 Å². The van der Waals surface area contributed by atoms with E-state index in [0.29, 0.717) is 23.6 Å². The minimum absolute atomic E-state index is 0.260. The standard InChI is InChI=1S/C19H24FNO2/c1-23-18(22)14-9-13-4-8-21(12-16(13)17(20)10-14)15-3-7-19(11-15)5-2-6-19/h9-10,15H,2-8,11-12H2,1H3. The van der Waals surface area contributed by atoms with Crippen LogP contribution in [0.1, 0.15) is 60.0 Å². The first-order valence-corrected chi connectivity index (χ1v) is 8.74. The third-order valence-electron chi connectivity index (χ3n) is 6.35. The molecule has 23 heavy (non-hydrogen) atoms. The molecular formula is C19H24FNO2. The van der Waals surface area contributed by atoms with Crippen molar-refractivity contribution in [2.45, 2.75) is 57.5 Å². The van der Waals surface area contributed by atoms with Crippen molar-refractivity contribution in [1.82, 2.24) is 4.90 Å². The van der Waals surface area contributed by atoms with Gasteiger partial charge in [0.15, 0.2) is 0 Å². The van der Waals surface area contributed by atoms with E-state index in [1.807, 2.05) is 6.07 Å². The summed E-state index contributed by atoms with van der Waals surface area (Å²) in [4.78, 5) is 14.1. The highest BCUT2D eigenvalue weighted by molar-refractivity contribution is 5.89. The van der Waals surface area contributed by atoms with E-state index < -0.39 is 5.97 Å². The largest absolute Gasteiger partial charge is 0.465 e. The van der Waals surface area contributed by atoms with Crippen LogP contribution in [0.25, 0.3) is 0 Å². The Hall–Kier alpha value is -1.42. The maximum atomic E-state index is 14.5. The van der Waals surface area contributed by atoms with Crippen LogP contribution < -0.4 is 0 Å². The summed E-state index contributed by atoms with van der Waals surface area (Å²) in [5.74, 6) is -0.721. The molecule has 1 aromatic carbocycles. The van der Waals surface area contributed by atoms with E-state index in [9.17, 15) is 9.18 Å². The Labute approximate surface area is 136 Å². The van der Waals surface area contributed by atoms with Gasteiger partial charge in [0.1, 0.15) is 5.82 Å². The maximum Gasteiger partial charge on any atom is 0.337 e. The van der Waals surface area contributed by atoms with Gasteiger partial charge in [0.25, 0.3) is 0 Å². The van der Waals surface area contributed by atoms with Gasteiger partial charge in [-0.05, 0) is 61.6 Å². The van der Waals surface area contributed by atoms with E-state index in [4.69, 9.17) is 4.74 Å². The summed E-state index contributed by atoms with van der Waals surface area (Å²) in [5.41, 5.74) is 2.70. The van der Waals surface area contributed by atoms with Crippen molar-refractivity contribution >= 4 is 5.97 Å². The van der Waals surface area contributed by atoms with Gasteiger partial charge in [-0.15, -0.1) is 0 Å². The number of nitrogens with zero attached hydrogens (tertiary/aromatic N) is 1. The monoisotopic (exact) mass is 317 g/mol. The number of methoxy groups -OCH3 is 1. The molecule has 2 aliphatic carbocycles. The highest BCUT2D eigenvalue weighted by Gasteiger charge is 2.45. The molecule has 1 aliphatic heterocycles. The molecule has 4 rings (SSSR count). The number of esters is 1. The second-order valence-corrected chi connectivity index (χ2v) is 7.56. The third-order valence-corrected chi connectivity index (χ3v) is 6.35. The molecule has 1 aromatic rings. The van der Waals surface area contributed by atoms with Crippen molar-refractivity contribution < 1.29 is 13.9 Å². The van der Waals surface area contributed by atoms with Crippen LogP contribution >= 0.6 is 0 Å². The second kappa shape index (κ2) is 5.59. The molecule has 2 fully saturated rings. The molecule has 2 saturated carbocycles. The highest BCUT2D eigenvalue weighted by atomic mass is 19.1. The summed E-state index contributed by atoms with van der Waals surface area (Å²) in [7, 11) is 1.33. The minimum atomic E-state index is -0.461. The summed E-state index contributed by atoms with van der Waals surface area (Å²) in [6.45, 7) is 1.65. The van der Waals surface area contributed by atoms with E-state index in [0.717, 1.165) is 24.1 Å². The normalized spacial score (nSPS) is 25.9. The van der Waals surface area contributed by atoms with Crippen LogP contribution in [0.2, 0.25) is 0 Å². The average Bonchev–Trinajstić information content (AvgIpc) is 2.99. The molecule has 3 nitrogen and oxygen atoms in total. The molecule has 4 heteroatoms. The first kappa shape index (κ1) is 15.1.